The third-order valence-corrected chi connectivity index (χ3v) is 3.02. The average Bonchev–Trinajstić information content (AvgIpc) is 2.45. The highest BCUT2D eigenvalue weighted by Gasteiger charge is 2.88. The van der Waals surface area contributed by atoms with Crippen LogP contribution in [0.3, 0.4) is 0 Å². The minimum atomic E-state index is -7.53. The highest BCUT2D eigenvalue weighted by molar-refractivity contribution is 5.22. The van der Waals surface area contributed by atoms with Crippen LogP contribution in [0, 0.1) is 0 Å². The Bertz CT molecular complexity index is 564. The Balaban J connectivity index is 3.40. The molecule has 0 amide bonds. The van der Waals surface area contributed by atoms with Gasteiger partial charge in [0.2, 0.25) is 0 Å². The van der Waals surface area contributed by atoms with Crippen molar-refractivity contribution >= 4 is 0 Å². The molecule has 0 saturated heterocycles. The maximum atomic E-state index is 13.5. The number of alkyl halides is 11. The zero-order valence-corrected chi connectivity index (χ0v) is 11.1. The largest absolute Gasteiger partial charge is 0.460 e. The molecule has 12 heteroatoms. The second-order valence-corrected chi connectivity index (χ2v) is 4.66. The van der Waals surface area contributed by atoms with Crippen LogP contribution in [0.25, 0.3) is 0 Å². The van der Waals surface area contributed by atoms with Crippen molar-refractivity contribution in [3.8, 4) is 0 Å². The zero-order chi connectivity index (χ0) is 19.2. The summed E-state index contributed by atoms with van der Waals surface area (Å²) in [4.78, 5) is 0. The Morgan fingerprint density at radius 2 is 1.04 bits per heavy atom. The van der Waals surface area contributed by atoms with Gasteiger partial charge in [-0.2, -0.15) is 48.3 Å². The van der Waals surface area contributed by atoms with Crippen molar-refractivity contribution in [2.75, 3.05) is 0 Å². The van der Waals surface area contributed by atoms with Crippen molar-refractivity contribution in [3.63, 3.8) is 0 Å². The van der Waals surface area contributed by atoms with Gasteiger partial charge in [0, 0.05) is 0 Å². The molecule has 0 unspecified atom stereocenters. The lowest BCUT2D eigenvalue weighted by atomic mass is 9.91. The Kier molecular flexibility index (Phi) is 4.89. The van der Waals surface area contributed by atoms with Gasteiger partial charge in [0.25, 0.3) is 0 Å². The van der Waals surface area contributed by atoms with Gasteiger partial charge in [0.1, 0.15) is 6.10 Å². The van der Waals surface area contributed by atoms with E-state index in [1.165, 1.54) is 0 Å². The maximum absolute atomic E-state index is 13.5. The van der Waals surface area contributed by atoms with Crippen molar-refractivity contribution in [1.29, 1.82) is 0 Å². The van der Waals surface area contributed by atoms with Gasteiger partial charge in [0.15, 0.2) is 0 Å². The van der Waals surface area contributed by atoms with Crippen molar-refractivity contribution in [3.05, 3.63) is 35.9 Å². The van der Waals surface area contributed by atoms with Crippen molar-refractivity contribution < 1.29 is 53.4 Å². The Morgan fingerprint density at radius 3 is 1.42 bits per heavy atom. The summed E-state index contributed by atoms with van der Waals surface area (Å²) in [6, 6.07) is 4.10. The number of aliphatic hydroxyl groups is 1. The predicted octanol–water partition coefficient (Wildman–Crippen LogP) is 4.82. The Hall–Kier alpha value is -1.59. The van der Waals surface area contributed by atoms with Crippen molar-refractivity contribution in [1.82, 2.24) is 0 Å². The molecule has 1 N–H and O–H groups in total. The molecule has 0 aliphatic heterocycles. The number of aliphatic hydroxyl groups excluding tert-OH is 1. The summed E-state index contributed by atoms with van der Waals surface area (Å²) in [5, 5.41) is 9.13. The van der Waals surface area contributed by atoms with Gasteiger partial charge in [-0.05, 0) is 5.56 Å². The summed E-state index contributed by atoms with van der Waals surface area (Å²) < 4.78 is 141. The van der Waals surface area contributed by atoms with Gasteiger partial charge in [0.05, 0.1) is 0 Å². The summed E-state index contributed by atoms with van der Waals surface area (Å²) in [6.45, 7) is 0. The van der Waals surface area contributed by atoms with Gasteiger partial charge in [-0.3, -0.25) is 0 Å². The zero-order valence-electron chi connectivity index (χ0n) is 11.1. The van der Waals surface area contributed by atoms with E-state index in [0.717, 1.165) is 18.2 Å². The molecule has 24 heavy (non-hydrogen) atoms. The summed E-state index contributed by atoms with van der Waals surface area (Å²) in [6.07, 6.45) is -11.0. The van der Waals surface area contributed by atoms with Gasteiger partial charge >= 0.3 is 29.9 Å². The van der Waals surface area contributed by atoms with E-state index in [4.69, 9.17) is 5.11 Å². The van der Waals surface area contributed by atoms with E-state index in [2.05, 4.69) is 0 Å². The normalized spacial score (nSPS) is 16.2. The maximum Gasteiger partial charge on any atom is 0.460 e. The third kappa shape index (κ3) is 2.80. The van der Waals surface area contributed by atoms with Gasteiger partial charge in [-0.1, -0.05) is 30.3 Å². The minimum absolute atomic E-state index is 0.564. The first-order valence-corrected chi connectivity index (χ1v) is 5.83. The molecule has 0 spiro atoms. The lowest BCUT2D eigenvalue weighted by Gasteiger charge is -2.38. The number of hydrogen-bond donors (Lipinski definition) is 1. The van der Waals surface area contributed by atoms with Crippen LogP contribution >= 0.6 is 0 Å². The van der Waals surface area contributed by atoms with E-state index in [-0.39, 0.29) is 0 Å². The van der Waals surface area contributed by atoms with Crippen LogP contribution in [0.4, 0.5) is 48.3 Å². The number of benzene rings is 1. The lowest BCUT2D eigenvalue weighted by molar-refractivity contribution is -0.429. The van der Waals surface area contributed by atoms with Crippen LogP contribution < -0.4 is 0 Å². The standard InChI is InChI=1S/C12H7F11O/c13-8(14,7(24)6-4-2-1-3-5-6)9(15,16)10(17,18)11(19,20)12(21,22)23/h1-5,7,24H/t7-/m1/s1. The first-order valence-electron chi connectivity index (χ1n) is 5.83. The molecule has 0 heterocycles. The average molecular weight is 376 g/mol. The summed E-state index contributed by atoms with van der Waals surface area (Å²) in [5.41, 5.74) is -1.09. The summed E-state index contributed by atoms with van der Waals surface area (Å²) in [7, 11) is 0. The third-order valence-electron chi connectivity index (χ3n) is 3.02. The van der Waals surface area contributed by atoms with E-state index in [1.807, 2.05) is 0 Å². The number of hydrogen-bond acceptors (Lipinski definition) is 1. The van der Waals surface area contributed by atoms with E-state index >= 15 is 0 Å². The smallest absolute Gasteiger partial charge is 0.382 e. The molecule has 0 aliphatic carbocycles. The molecule has 1 nitrogen and oxygen atoms in total. The van der Waals surface area contributed by atoms with Crippen LogP contribution in [-0.4, -0.2) is 35.0 Å². The predicted molar refractivity (Wildman–Crippen MR) is 57.2 cm³/mol. The Morgan fingerprint density at radius 1 is 0.625 bits per heavy atom. The van der Waals surface area contributed by atoms with E-state index in [9.17, 15) is 48.3 Å². The quantitative estimate of drug-likeness (QED) is 0.731. The summed E-state index contributed by atoms with van der Waals surface area (Å²) >= 11 is 0. The fraction of sp³-hybridized carbons (Fsp3) is 0.500. The summed E-state index contributed by atoms with van der Waals surface area (Å²) in [5.74, 6) is -28.6. The van der Waals surface area contributed by atoms with Crippen molar-refractivity contribution in [2.45, 2.75) is 36.0 Å². The molecular formula is C12H7F11O. The van der Waals surface area contributed by atoms with Crippen LogP contribution in [0.1, 0.15) is 11.7 Å². The molecule has 0 aromatic heterocycles. The fourth-order valence-electron chi connectivity index (χ4n) is 1.60. The molecule has 1 aromatic rings. The molecule has 1 rings (SSSR count). The number of halogens is 11. The Labute approximate surface area is 126 Å². The fourth-order valence-corrected chi connectivity index (χ4v) is 1.60. The highest BCUT2D eigenvalue weighted by Crippen LogP contribution is 2.59. The highest BCUT2D eigenvalue weighted by atomic mass is 19.4. The van der Waals surface area contributed by atoms with Crippen LogP contribution in [-0.2, 0) is 0 Å². The molecule has 0 aliphatic rings. The SMILES string of the molecule is O[C@H](c1ccccc1)C(F)(F)C(F)(F)C(F)(F)C(F)(F)C(F)(F)F. The minimum Gasteiger partial charge on any atom is -0.382 e. The topological polar surface area (TPSA) is 20.2 Å². The van der Waals surface area contributed by atoms with Gasteiger partial charge in [-0.25, -0.2) is 0 Å². The van der Waals surface area contributed by atoms with Crippen molar-refractivity contribution in [2.24, 2.45) is 0 Å². The van der Waals surface area contributed by atoms with Crippen LogP contribution in [0.5, 0.6) is 0 Å². The van der Waals surface area contributed by atoms with E-state index in [1.54, 1.807) is 0 Å². The first-order chi connectivity index (χ1) is 10.5. The van der Waals surface area contributed by atoms with Crippen LogP contribution in [0.2, 0.25) is 0 Å². The molecule has 138 valence electrons. The second-order valence-electron chi connectivity index (χ2n) is 4.66. The van der Waals surface area contributed by atoms with Gasteiger partial charge < -0.3 is 5.11 Å². The molecular weight excluding hydrogens is 369 g/mol. The second kappa shape index (κ2) is 5.74. The molecule has 0 fully saturated rings. The first kappa shape index (κ1) is 20.5. The molecule has 1 aromatic carbocycles. The monoisotopic (exact) mass is 376 g/mol. The molecule has 0 radical (unpaired) electrons. The van der Waals surface area contributed by atoms with E-state index < -0.39 is 41.5 Å². The van der Waals surface area contributed by atoms with Crippen LogP contribution in [0.15, 0.2) is 30.3 Å². The molecule has 0 bridgehead atoms. The molecule has 1 atom stereocenters. The lowest BCUT2D eigenvalue weighted by Crippen LogP contribution is -2.67. The number of rotatable bonds is 5. The van der Waals surface area contributed by atoms with E-state index in [0.29, 0.717) is 12.1 Å². The van der Waals surface area contributed by atoms with Gasteiger partial charge in [-0.15, -0.1) is 0 Å². The molecule has 0 saturated carbocycles.